The van der Waals surface area contributed by atoms with Gasteiger partial charge in [-0.3, -0.25) is 8.98 Å². The summed E-state index contributed by atoms with van der Waals surface area (Å²) >= 11 is 0. The predicted octanol–water partition coefficient (Wildman–Crippen LogP) is 6.30. The average Bonchev–Trinajstić information content (AvgIpc) is 2.90. The van der Waals surface area contributed by atoms with E-state index >= 15 is 0 Å². The molecule has 1 aromatic heterocycles. The summed E-state index contributed by atoms with van der Waals surface area (Å²) in [4.78, 5) is 24.2. The van der Waals surface area contributed by atoms with E-state index in [1.165, 1.54) is 0 Å². The Balaban J connectivity index is 0.00000163. The van der Waals surface area contributed by atoms with Gasteiger partial charge in [-0.2, -0.15) is 8.42 Å². The van der Waals surface area contributed by atoms with Gasteiger partial charge >= 0.3 is 0 Å². The third kappa shape index (κ3) is 8.20. The van der Waals surface area contributed by atoms with E-state index in [9.17, 15) is 13.2 Å². The summed E-state index contributed by atoms with van der Waals surface area (Å²) in [6, 6.07) is 15.6. The fourth-order valence-corrected chi connectivity index (χ4v) is 3.82. The Bertz CT molecular complexity index is 1270. The first-order chi connectivity index (χ1) is 17.4. The molecule has 1 amide bonds. The van der Waals surface area contributed by atoms with E-state index < -0.39 is 15.7 Å². The van der Waals surface area contributed by atoms with Crippen LogP contribution in [0.15, 0.2) is 54.7 Å². The van der Waals surface area contributed by atoms with E-state index in [2.05, 4.69) is 9.97 Å². The van der Waals surface area contributed by atoms with Crippen molar-refractivity contribution in [3.05, 3.63) is 82.9 Å². The lowest BCUT2D eigenvalue weighted by molar-refractivity contribution is 0.0616. The summed E-state index contributed by atoms with van der Waals surface area (Å²) in [5, 5.41) is 0. The monoisotopic (exact) mass is 527 g/mol. The number of carbonyl (C=O) groups is 1. The van der Waals surface area contributed by atoms with Gasteiger partial charge in [0.05, 0.1) is 11.8 Å². The van der Waals surface area contributed by atoms with Crippen molar-refractivity contribution in [1.29, 1.82) is 0 Å². The molecular formula is C29H41N3O4S. The number of amides is 1. The molecule has 0 fully saturated rings. The summed E-state index contributed by atoms with van der Waals surface area (Å²) < 4.78 is 27.7. The molecule has 0 radical (unpaired) electrons. The van der Waals surface area contributed by atoms with Crippen LogP contribution in [0.5, 0.6) is 0 Å². The van der Waals surface area contributed by atoms with Crippen LogP contribution in [0.1, 0.15) is 74.5 Å². The van der Waals surface area contributed by atoms with Crippen LogP contribution in [0.3, 0.4) is 0 Å². The number of carbonyl (C=O) groups excluding carboxylic acids is 1. The number of hydrogen-bond acceptors (Lipinski definition) is 6. The van der Waals surface area contributed by atoms with Crippen molar-refractivity contribution >= 4 is 16.0 Å². The Kier molecular flexibility index (Phi) is 12.1. The SMILES string of the molecule is CC.CC.Cc1cccc(-c2cnc(COS(C)(=O)=O)nc2C(=O)N(C)C(C)(C)c2ccccc2)c1C. The summed E-state index contributed by atoms with van der Waals surface area (Å²) in [6.45, 7) is 15.6. The van der Waals surface area contributed by atoms with Crippen molar-refractivity contribution < 1.29 is 17.4 Å². The number of nitrogens with zero attached hydrogens (tertiary/aromatic N) is 3. The molecule has 0 atom stereocenters. The van der Waals surface area contributed by atoms with Gasteiger partial charge in [-0.25, -0.2) is 9.97 Å². The minimum atomic E-state index is -3.68. The van der Waals surface area contributed by atoms with Crippen LogP contribution in [-0.2, 0) is 26.4 Å². The molecule has 8 heteroatoms. The minimum Gasteiger partial charge on any atom is -0.331 e. The van der Waals surface area contributed by atoms with Crippen molar-refractivity contribution in [2.75, 3.05) is 13.3 Å². The first kappa shape index (κ1) is 31.9. The van der Waals surface area contributed by atoms with E-state index in [4.69, 9.17) is 4.18 Å². The Labute approximate surface area is 223 Å². The zero-order valence-corrected chi connectivity index (χ0v) is 24.6. The fraction of sp³-hybridized carbons (Fsp3) is 0.414. The second kappa shape index (κ2) is 14.0. The molecule has 0 saturated heterocycles. The normalized spacial score (nSPS) is 11.0. The predicted molar refractivity (Wildman–Crippen MR) is 151 cm³/mol. The maximum atomic E-state index is 13.8. The van der Waals surface area contributed by atoms with Crippen molar-refractivity contribution in [2.24, 2.45) is 0 Å². The summed E-state index contributed by atoms with van der Waals surface area (Å²) in [5.41, 5.74) is 4.07. The summed E-state index contributed by atoms with van der Waals surface area (Å²) in [7, 11) is -1.95. The molecular weight excluding hydrogens is 486 g/mol. The fourth-order valence-electron chi connectivity index (χ4n) is 3.50. The van der Waals surface area contributed by atoms with Gasteiger partial charge in [0.1, 0.15) is 12.3 Å². The van der Waals surface area contributed by atoms with Crippen molar-refractivity contribution in [3.8, 4) is 11.1 Å². The van der Waals surface area contributed by atoms with E-state index in [0.29, 0.717) is 5.56 Å². The van der Waals surface area contributed by atoms with E-state index in [-0.39, 0.29) is 24.0 Å². The Hall–Kier alpha value is -3.10. The molecule has 0 aliphatic carbocycles. The number of aryl methyl sites for hydroxylation is 1. The third-order valence-electron chi connectivity index (χ3n) is 5.96. The topological polar surface area (TPSA) is 89.5 Å². The largest absolute Gasteiger partial charge is 0.331 e. The van der Waals surface area contributed by atoms with E-state index in [1.807, 2.05) is 104 Å². The zero-order valence-electron chi connectivity index (χ0n) is 23.8. The highest BCUT2D eigenvalue weighted by atomic mass is 32.2. The van der Waals surface area contributed by atoms with Gasteiger partial charge in [0.15, 0.2) is 5.82 Å². The second-order valence-electron chi connectivity index (χ2n) is 8.55. The van der Waals surface area contributed by atoms with Gasteiger partial charge in [-0.1, -0.05) is 76.2 Å². The molecule has 1 heterocycles. The van der Waals surface area contributed by atoms with Gasteiger partial charge in [0.25, 0.3) is 16.0 Å². The van der Waals surface area contributed by atoms with Crippen molar-refractivity contribution in [1.82, 2.24) is 14.9 Å². The molecule has 0 aliphatic rings. The molecule has 0 saturated carbocycles. The van der Waals surface area contributed by atoms with Crippen LogP contribution in [0.25, 0.3) is 11.1 Å². The highest BCUT2D eigenvalue weighted by Crippen LogP contribution is 2.32. The number of aromatic nitrogens is 2. The second-order valence-corrected chi connectivity index (χ2v) is 10.2. The molecule has 0 unspecified atom stereocenters. The van der Waals surface area contributed by atoms with Crippen LogP contribution < -0.4 is 0 Å². The first-order valence-electron chi connectivity index (χ1n) is 12.5. The molecule has 0 spiro atoms. The van der Waals surface area contributed by atoms with Crippen LogP contribution in [0.2, 0.25) is 0 Å². The standard InChI is InChI=1S/C25H29N3O4S.2C2H6/c1-17-11-10-14-20(18(17)2)21-15-26-22(16-32-33(6,30)31)27-23(21)24(29)28(5)25(3,4)19-12-8-7-9-13-19;2*1-2/h7-15H,16H2,1-6H3;2*1-2H3. The summed E-state index contributed by atoms with van der Waals surface area (Å²) in [6.07, 6.45) is 2.52. The Morgan fingerprint density at radius 3 is 2.11 bits per heavy atom. The van der Waals surface area contributed by atoms with Gasteiger partial charge in [0.2, 0.25) is 0 Å². The summed E-state index contributed by atoms with van der Waals surface area (Å²) in [5.74, 6) is -0.188. The smallest absolute Gasteiger partial charge is 0.273 e. The van der Waals surface area contributed by atoms with Crippen LogP contribution in [0, 0.1) is 13.8 Å². The number of benzene rings is 2. The maximum absolute atomic E-state index is 13.8. The quantitative estimate of drug-likeness (QED) is 0.335. The lowest BCUT2D eigenvalue weighted by Crippen LogP contribution is -2.43. The molecule has 0 bridgehead atoms. The Morgan fingerprint density at radius 1 is 0.946 bits per heavy atom. The molecule has 202 valence electrons. The highest BCUT2D eigenvalue weighted by molar-refractivity contribution is 7.85. The van der Waals surface area contributed by atoms with Gasteiger partial charge in [-0.05, 0) is 49.9 Å². The number of hydrogen-bond donors (Lipinski definition) is 0. The maximum Gasteiger partial charge on any atom is 0.273 e. The van der Waals surface area contributed by atoms with E-state index in [0.717, 1.165) is 28.5 Å². The van der Waals surface area contributed by atoms with Crippen LogP contribution in [0.4, 0.5) is 0 Å². The first-order valence-corrected chi connectivity index (χ1v) is 14.3. The van der Waals surface area contributed by atoms with Gasteiger partial charge < -0.3 is 4.90 Å². The lowest BCUT2D eigenvalue weighted by atomic mass is 9.91. The molecule has 2 aromatic carbocycles. The molecule has 3 aromatic rings. The molecule has 37 heavy (non-hydrogen) atoms. The highest BCUT2D eigenvalue weighted by Gasteiger charge is 2.32. The van der Waals surface area contributed by atoms with Gasteiger partial charge in [0, 0.05) is 18.8 Å². The molecule has 3 rings (SSSR count). The van der Waals surface area contributed by atoms with Gasteiger partial charge in [-0.15, -0.1) is 0 Å². The molecule has 7 nitrogen and oxygen atoms in total. The van der Waals surface area contributed by atoms with Crippen molar-refractivity contribution in [2.45, 2.75) is 67.5 Å². The van der Waals surface area contributed by atoms with Crippen LogP contribution in [-0.4, -0.2) is 42.5 Å². The minimum absolute atomic E-state index is 0.115. The third-order valence-corrected chi connectivity index (χ3v) is 6.51. The lowest BCUT2D eigenvalue weighted by Gasteiger charge is -2.36. The Morgan fingerprint density at radius 2 is 1.54 bits per heavy atom. The van der Waals surface area contributed by atoms with Crippen LogP contribution >= 0.6 is 0 Å². The van der Waals surface area contributed by atoms with E-state index in [1.54, 1.807) is 18.1 Å². The average molecular weight is 528 g/mol. The number of rotatable bonds is 7. The molecule has 0 N–H and O–H groups in total. The van der Waals surface area contributed by atoms with Crippen molar-refractivity contribution in [3.63, 3.8) is 0 Å². The molecule has 0 aliphatic heterocycles. The zero-order chi connectivity index (χ0) is 28.4.